The third-order valence-corrected chi connectivity index (χ3v) is 3.07. The molecule has 0 heterocycles. The van der Waals surface area contributed by atoms with Crippen LogP contribution >= 0.6 is 15.9 Å². The van der Waals surface area contributed by atoms with Crippen LogP contribution in [0.15, 0.2) is 40.9 Å². The van der Waals surface area contributed by atoms with Crippen molar-refractivity contribution in [2.75, 3.05) is 0 Å². The van der Waals surface area contributed by atoms with Gasteiger partial charge in [0, 0.05) is 4.47 Å². The van der Waals surface area contributed by atoms with Crippen LogP contribution in [0.2, 0.25) is 0 Å². The fourth-order valence-electron chi connectivity index (χ4n) is 1.70. The minimum absolute atomic E-state index is 0.0783. The molecule has 0 aliphatic rings. The Hall–Kier alpha value is -2.19. The summed E-state index contributed by atoms with van der Waals surface area (Å²) < 4.78 is 19.5. The molecule has 0 amide bonds. The average Bonchev–Trinajstić information content (AvgIpc) is 2.45. The molecule has 2 rings (SSSR count). The van der Waals surface area contributed by atoms with Crippen LogP contribution in [0.1, 0.15) is 21.5 Å². The predicted octanol–water partition coefficient (Wildman–Crippen LogP) is 3.85. The molecule has 0 saturated heterocycles. The highest BCUT2D eigenvalue weighted by Crippen LogP contribution is 2.23. The van der Waals surface area contributed by atoms with E-state index in [2.05, 4.69) is 15.9 Å². The van der Waals surface area contributed by atoms with Crippen molar-refractivity contribution in [2.24, 2.45) is 0 Å². The Bertz CT molecular complexity index is 695. The Morgan fingerprint density at radius 3 is 2.80 bits per heavy atom. The Morgan fingerprint density at radius 1 is 1.30 bits per heavy atom. The van der Waals surface area contributed by atoms with E-state index < -0.39 is 5.82 Å². The highest BCUT2D eigenvalue weighted by molar-refractivity contribution is 9.10. The van der Waals surface area contributed by atoms with Crippen LogP contribution in [-0.4, -0.2) is 6.29 Å². The Kier molecular flexibility index (Phi) is 4.49. The molecule has 100 valence electrons. The number of carbonyl (C=O) groups excluding carboxylic acids is 1. The second-order valence-corrected chi connectivity index (χ2v) is 4.96. The molecule has 2 aromatic carbocycles. The van der Waals surface area contributed by atoms with E-state index in [-0.39, 0.29) is 12.2 Å². The fraction of sp³-hybridized carbons (Fsp3) is 0.0667. The van der Waals surface area contributed by atoms with Gasteiger partial charge < -0.3 is 4.74 Å². The lowest BCUT2D eigenvalue weighted by Gasteiger charge is -2.09. The van der Waals surface area contributed by atoms with Crippen molar-refractivity contribution in [3.8, 4) is 11.8 Å². The standard InChI is InChI=1S/C15H9BrFNO2/c16-13-1-2-15(12(6-13)8-19)20-9-11-3-10(7-18)4-14(17)5-11/h1-6,8H,9H2. The SMILES string of the molecule is N#Cc1cc(F)cc(COc2ccc(Br)cc2C=O)c1. The maximum Gasteiger partial charge on any atom is 0.153 e. The molecule has 0 aliphatic heterocycles. The molecule has 0 aromatic heterocycles. The molecule has 0 unspecified atom stereocenters. The van der Waals surface area contributed by atoms with Gasteiger partial charge in [-0.3, -0.25) is 4.79 Å². The van der Waals surface area contributed by atoms with Crippen molar-refractivity contribution in [3.05, 3.63) is 63.4 Å². The highest BCUT2D eigenvalue weighted by atomic mass is 79.9. The summed E-state index contributed by atoms with van der Waals surface area (Å²) in [5.41, 5.74) is 1.16. The normalized spacial score (nSPS) is 9.85. The number of nitriles is 1. The minimum atomic E-state index is -0.492. The fourth-order valence-corrected chi connectivity index (χ4v) is 2.08. The number of hydrogen-bond donors (Lipinski definition) is 0. The first-order valence-corrected chi connectivity index (χ1v) is 6.49. The topological polar surface area (TPSA) is 50.1 Å². The summed E-state index contributed by atoms with van der Waals surface area (Å²) in [6.07, 6.45) is 0.687. The smallest absolute Gasteiger partial charge is 0.153 e. The summed E-state index contributed by atoms with van der Waals surface area (Å²) in [4.78, 5) is 10.9. The largest absolute Gasteiger partial charge is 0.488 e. The van der Waals surface area contributed by atoms with Gasteiger partial charge in [0.2, 0.25) is 0 Å². The molecule has 0 spiro atoms. The minimum Gasteiger partial charge on any atom is -0.488 e. The van der Waals surface area contributed by atoms with Gasteiger partial charge in [-0.05, 0) is 42.0 Å². The molecule has 0 saturated carbocycles. The van der Waals surface area contributed by atoms with Gasteiger partial charge in [-0.2, -0.15) is 5.26 Å². The number of hydrogen-bond acceptors (Lipinski definition) is 3. The van der Waals surface area contributed by atoms with Gasteiger partial charge >= 0.3 is 0 Å². The van der Waals surface area contributed by atoms with Gasteiger partial charge in [0.25, 0.3) is 0 Å². The maximum atomic E-state index is 13.3. The molecular weight excluding hydrogens is 325 g/mol. The van der Waals surface area contributed by atoms with Gasteiger partial charge in [0.15, 0.2) is 6.29 Å². The highest BCUT2D eigenvalue weighted by Gasteiger charge is 2.06. The third kappa shape index (κ3) is 3.43. The van der Waals surface area contributed by atoms with Crippen LogP contribution in [0.25, 0.3) is 0 Å². The van der Waals surface area contributed by atoms with Gasteiger partial charge in [0.1, 0.15) is 18.2 Å². The molecule has 5 heteroatoms. The summed E-state index contributed by atoms with van der Waals surface area (Å²) in [6.45, 7) is 0.0783. The number of carbonyl (C=O) groups is 1. The zero-order valence-electron chi connectivity index (χ0n) is 10.3. The number of rotatable bonds is 4. The Labute approximate surface area is 123 Å². The predicted molar refractivity (Wildman–Crippen MR) is 75.0 cm³/mol. The molecule has 0 atom stereocenters. The molecule has 0 aliphatic carbocycles. The Balaban J connectivity index is 2.19. The second kappa shape index (κ2) is 6.31. The zero-order valence-corrected chi connectivity index (χ0v) is 11.9. The molecule has 20 heavy (non-hydrogen) atoms. The monoisotopic (exact) mass is 333 g/mol. The molecule has 2 aromatic rings. The number of benzene rings is 2. The summed E-state index contributed by atoms with van der Waals surface area (Å²) >= 11 is 3.26. The quantitative estimate of drug-likeness (QED) is 0.798. The van der Waals surface area contributed by atoms with Crippen LogP contribution in [0, 0.1) is 17.1 Å². The Morgan fingerprint density at radius 2 is 2.10 bits per heavy atom. The van der Waals surface area contributed by atoms with E-state index in [0.29, 0.717) is 23.2 Å². The molecule has 0 bridgehead atoms. The first kappa shape index (κ1) is 14.2. The second-order valence-electron chi connectivity index (χ2n) is 4.05. The van der Waals surface area contributed by atoms with Crippen molar-refractivity contribution in [3.63, 3.8) is 0 Å². The lowest BCUT2D eigenvalue weighted by molar-refractivity contribution is 0.111. The van der Waals surface area contributed by atoms with E-state index in [0.717, 1.165) is 10.5 Å². The van der Waals surface area contributed by atoms with Crippen molar-refractivity contribution in [1.29, 1.82) is 5.26 Å². The van der Waals surface area contributed by atoms with Gasteiger partial charge in [-0.25, -0.2) is 4.39 Å². The number of halogens is 2. The lowest BCUT2D eigenvalue weighted by atomic mass is 10.1. The number of nitrogens with zero attached hydrogens (tertiary/aromatic N) is 1. The van der Waals surface area contributed by atoms with Crippen molar-refractivity contribution in [2.45, 2.75) is 6.61 Å². The molecule has 0 radical (unpaired) electrons. The number of ether oxygens (including phenoxy) is 1. The lowest BCUT2D eigenvalue weighted by Crippen LogP contribution is -1.99. The van der Waals surface area contributed by atoms with E-state index in [1.54, 1.807) is 24.3 Å². The summed E-state index contributed by atoms with van der Waals surface area (Å²) in [6, 6.07) is 10.9. The number of aldehydes is 1. The van der Waals surface area contributed by atoms with E-state index >= 15 is 0 Å². The van der Waals surface area contributed by atoms with Crippen molar-refractivity contribution < 1.29 is 13.9 Å². The molecule has 0 fully saturated rings. The van der Waals surface area contributed by atoms with E-state index in [9.17, 15) is 9.18 Å². The van der Waals surface area contributed by atoms with Crippen LogP contribution in [0.4, 0.5) is 4.39 Å². The van der Waals surface area contributed by atoms with E-state index in [1.807, 2.05) is 6.07 Å². The molecule has 3 nitrogen and oxygen atoms in total. The average molecular weight is 334 g/mol. The van der Waals surface area contributed by atoms with Crippen molar-refractivity contribution >= 4 is 22.2 Å². The van der Waals surface area contributed by atoms with Crippen molar-refractivity contribution in [1.82, 2.24) is 0 Å². The van der Waals surface area contributed by atoms with E-state index in [4.69, 9.17) is 10.00 Å². The van der Waals surface area contributed by atoms with Crippen LogP contribution in [-0.2, 0) is 6.61 Å². The van der Waals surface area contributed by atoms with E-state index in [1.165, 1.54) is 6.07 Å². The van der Waals surface area contributed by atoms with Crippen LogP contribution in [0.5, 0.6) is 5.75 Å². The molecule has 0 N–H and O–H groups in total. The zero-order chi connectivity index (χ0) is 14.5. The third-order valence-electron chi connectivity index (χ3n) is 2.58. The van der Waals surface area contributed by atoms with Gasteiger partial charge in [0.05, 0.1) is 17.2 Å². The summed E-state index contributed by atoms with van der Waals surface area (Å²) in [5.74, 6) is -0.0833. The van der Waals surface area contributed by atoms with Crippen LogP contribution < -0.4 is 4.74 Å². The first-order valence-electron chi connectivity index (χ1n) is 5.69. The summed E-state index contributed by atoms with van der Waals surface area (Å²) in [7, 11) is 0. The van der Waals surface area contributed by atoms with Gasteiger partial charge in [-0.1, -0.05) is 15.9 Å². The van der Waals surface area contributed by atoms with Crippen LogP contribution in [0.3, 0.4) is 0 Å². The maximum absolute atomic E-state index is 13.3. The summed E-state index contributed by atoms with van der Waals surface area (Å²) in [5, 5.41) is 8.78. The molecular formula is C15H9BrFNO2. The first-order chi connectivity index (χ1) is 9.62. The van der Waals surface area contributed by atoms with Gasteiger partial charge in [-0.15, -0.1) is 0 Å².